The summed E-state index contributed by atoms with van der Waals surface area (Å²) in [5, 5.41) is 17.8. The Morgan fingerprint density at radius 3 is 1.95 bits per heavy atom. The summed E-state index contributed by atoms with van der Waals surface area (Å²) >= 11 is 0. The van der Waals surface area contributed by atoms with Gasteiger partial charge in [0.25, 0.3) is 0 Å². The minimum Gasteiger partial charge on any atom is -0.396 e. The SMILES string of the molecule is CC(c1ccc(-n2c(-c3ccccc3)cc(-c3ccccc3)c2-c2ccccc2)cc1)n1cc(CCCCO)nn1. The van der Waals surface area contributed by atoms with Crippen LogP contribution in [0.15, 0.2) is 128 Å². The number of hydrogen-bond donors (Lipinski definition) is 1. The quantitative estimate of drug-likeness (QED) is 0.180. The number of aliphatic hydroxyl groups is 1. The average molecular weight is 539 g/mol. The van der Waals surface area contributed by atoms with E-state index in [1.165, 1.54) is 33.5 Å². The van der Waals surface area contributed by atoms with Gasteiger partial charge in [-0.2, -0.15) is 0 Å². The second kappa shape index (κ2) is 12.2. The maximum absolute atomic E-state index is 9.07. The molecule has 5 heteroatoms. The largest absolute Gasteiger partial charge is 0.396 e. The van der Waals surface area contributed by atoms with Crippen LogP contribution in [0.25, 0.3) is 39.3 Å². The number of rotatable bonds is 10. The van der Waals surface area contributed by atoms with Crippen molar-refractivity contribution in [3.63, 3.8) is 0 Å². The number of aryl methyl sites for hydroxylation is 1. The normalized spacial score (nSPS) is 12.0. The maximum atomic E-state index is 9.07. The predicted octanol–water partition coefficient (Wildman–Crippen LogP) is 7.99. The number of unbranched alkanes of at least 4 members (excludes halogenated alkanes) is 1. The van der Waals surface area contributed by atoms with E-state index in [0.29, 0.717) is 0 Å². The van der Waals surface area contributed by atoms with Crippen LogP contribution in [-0.2, 0) is 6.42 Å². The number of aromatic nitrogens is 4. The fraction of sp³-hybridized carbons (Fsp3) is 0.167. The van der Waals surface area contributed by atoms with Gasteiger partial charge >= 0.3 is 0 Å². The second-order valence-electron chi connectivity index (χ2n) is 10.4. The smallest absolute Gasteiger partial charge is 0.0827 e. The fourth-order valence-corrected chi connectivity index (χ4v) is 5.41. The molecule has 0 aliphatic carbocycles. The van der Waals surface area contributed by atoms with Crippen LogP contribution >= 0.6 is 0 Å². The Morgan fingerprint density at radius 1 is 0.707 bits per heavy atom. The van der Waals surface area contributed by atoms with Crippen molar-refractivity contribution in [2.24, 2.45) is 0 Å². The van der Waals surface area contributed by atoms with E-state index in [-0.39, 0.29) is 12.6 Å². The highest BCUT2D eigenvalue weighted by atomic mass is 16.2. The molecular formula is C36H34N4O. The first-order valence-corrected chi connectivity index (χ1v) is 14.3. The molecule has 0 saturated carbocycles. The van der Waals surface area contributed by atoms with E-state index in [1.54, 1.807) is 0 Å². The Morgan fingerprint density at radius 2 is 1.32 bits per heavy atom. The zero-order valence-electron chi connectivity index (χ0n) is 23.3. The molecule has 6 rings (SSSR count). The molecule has 0 radical (unpaired) electrons. The topological polar surface area (TPSA) is 55.9 Å². The minimum atomic E-state index is 0.0508. The zero-order valence-corrected chi connectivity index (χ0v) is 23.3. The molecule has 0 bridgehead atoms. The lowest BCUT2D eigenvalue weighted by Crippen LogP contribution is -2.08. The Labute approximate surface area is 241 Å². The third-order valence-corrected chi connectivity index (χ3v) is 7.63. The highest BCUT2D eigenvalue weighted by Gasteiger charge is 2.21. The Bertz CT molecular complexity index is 1690. The molecule has 0 saturated heterocycles. The predicted molar refractivity (Wildman–Crippen MR) is 166 cm³/mol. The summed E-state index contributed by atoms with van der Waals surface area (Å²) in [5.41, 5.74) is 10.3. The first kappa shape index (κ1) is 26.5. The van der Waals surface area contributed by atoms with Crippen molar-refractivity contribution in [2.45, 2.75) is 32.2 Å². The van der Waals surface area contributed by atoms with Gasteiger partial charge in [0.15, 0.2) is 0 Å². The summed E-state index contributed by atoms with van der Waals surface area (Å²) in [6.45, 7) is 2.36. The lowest BCUT2D eigenvalue weighted by atomic mass is 10.0. The maximum Gasteiger partial charge on any atom is 0.0827 e. The summed E-state index contributed by atoms with van der Waals surface area (Å²) in [7, 11) is 0. The van der Waals surface area contributed by atoms with E-state index in [0.717, 1.165) is 36.3 Å². The summed E-state index contributed by atoms with van der Waals surface area (Å²) < 4.78 is 4.31. The van der Waals surface area contributed by atoms with Crippen LogP contribution in [0.1, 0.15) is 37.1 Å². The molecular weight excluding hydrogens is 504 g/mol. The van der Waals surface area contributed by atoms with Crippen molar-refractivity contribution >= 4 is 0 Å². The van der Waals surface area contributed by atoms with Crippen molar-refractivity contribution in [1.82, 2.24) is 19.6 Å². The van der Waals surface area contributed by atoms with Gasteiger partial charge in [0, 0.05) is 24.1 Å². The molecule has 2 heterocycles. The van der Waals surface area contributed by atoms with Gasteiger partial charge in [-0.3, -0.25) is 0 Å². The van der Waals surface area contributed by atoms with E-state index >= 15 is 0 Å². The molecule has 0 spiro atoms. The number of nitrogens with zero attached hydrogens (tertiary/aromatic N) is 4. The molecule has 1 unspecified atom stereocenters. The lowest BCUT2D eigenvalue weighted by Gasteiger charge is -2.17. The molecule has 0 amide bonds. The van der Waals surface area contributed by atoms with E-state index in [1.807, 2.05) is 10.9 Å². The number of benzene rings is 4. The molecule has 4 aromatic carbocycles. The Balaban J connectivity index is 1.44. The van der Waals surface area contributed by atoms with Crippen molar-refractivity contribution in [3.05, 3.63) is 139 Å². The molecule has 1 atom stereocenters. The molecule has 1 N–H and O–H groups in total. The molecule has 204 valence electrons. The number of hydrogen-bond acceptors (Lipinski definition) is 3. The van der Waals surface area contributed by atoms with Gasteiger partial charge in [-0.1, -0.05) is 108 Å². The standard InChI is InChI=1S/C36H34N4O/c1-27(39-26-32(37-38-39)19-11-12-24-41)28-20-22-33(23-21-28)40-35(30-15-7-3-8-16-30)25-34(29-13-5-2-6-14-29)36(40)31-17-9-4-10-18-31/h2-10,13-18,20-23,25-27,41H,11-12,19,24H2,1H3. The van der Waals surface area contributed by atoms with Crippen molar-refractivity contribution in [3.8, 4) is 39.3 Å². The summed E-state index contributed by atoms with van der Waals surface area (Å²) in [4.78, 5) is 0. The molecule has 0 aliphatic heterocycles. The van der Waals surface area contributed by atoms with Crippen LogP contribution < -0.4 is 0 Å². The molecule has 41 heavy (non-hydrogen) atoms. The minimum absolute atomic E-state index is 0.0508. The van der Waals surface area contributed by atoms with E-state index in [2.05, 4.69) is 143 Å². The van der Waals surface area contributed by atoms with Gasteiger partial charge in [-0.25, -0.2) is 4.68 Å². The van der Waals surface area contributed by atoms with Crippen molar-refractivity contribution in [1.29, 1.82) is 0 Å². The van der Waals surface area contributed by atoms with Gasteiger partial charge in [0.05, 0.1) is 23.1 Å². The first-order valence-electron chi connectivity index (χ1n) is 14.3. The molecule has 0 fully saturated rings. The molecule has 0 aliphatic rings. The zero-order chi connectivity index (χ0) is 28.0. The third kappa shape index (κ3) is 5.63. The van der Waals surface area contributed by atoms with Gasteiger partial charge in [-0.05, 0) is 66.6 Å². The highest BCUT2D eigenvalue weighted by molar-refractivity contribution is 5.88. The molecule has 2 aromatic heterocycles. The van der Waals surface area contributed by atoms with Gasteiger partial charge in [-0.15, -0.1) is 5.10 Å². The third-order valence-electron chi connectivity index (χ3n) is 7.63. The second-order valence-corrected chi connectivity index (χ2v) is 10.4. The first-order chi connectivity index (χ1) is 20.2. The highest BCUT2D eigenvalue weighted by Crippen LogP contribution is 2.41. The summed E-state index contributed by atoms with van der Waals surface area (Å²) in [5.74, 6) is 0. The number of aliphatic hydroxyl groups excluding tert-OH is 1. The average Bonchev–Trinajstić information content (AvgIpc) is 3.68. The van der Waals surface area contributed by atoms with Crippen LogP contribution in [-0.4, -0.2) is 31.3 Å². The van der Waals surface area contributed by atoms with Gasteiger partial charge in [0.2, 0.25) is 0 Å². The summed E-state index contributed by atoms with van der Waals surface area (Å²) in [6.07, 6.45) is 4.54. The fourth-order valence-electron chi connectivity index (χ4n) is 5.41. The van der Waals surface area contributed by atoms with Gasteiger partial charge in [0.1, 0.15) is 0 Å². The van der Waals surface area contributed by atoms with Crippen LogP contribution in [0.5, 0.6) is 0 Å². The Hall–Kier alpha value is -4.74. The van der Waals surface area contributed by atoms with E-state index in [4.69, 9.17) is 5.11 Å². The van der Waals surface area contributed by atoms with E-state index < -0.39 is 0 Å². The van der Waals surface area contributed by atoms with Crippen LogP contribution in [0.2, 0.25) is 0 Å². The Kier molecular flexibility index (Phi) is 7.88. The van der Waals surface area contributed by atoms with Gasteiger partial charge < -0.3 is 9.67 Å². The lowest BCUT2D eigenvalue weighted by molar-refractivity contribution is 0.284. The molecule has 6 aromatic rings. The van der Waals surface area contributed by atoms with Crippen molar-refractivity contribution in [2.75, 3.05) is 6.61 Å². The molecule has 5 nitrogen and oxygen atoms in total. The van der Waals surface area contributed by atoms with E-state index in [9.17, 15) is 0 Å². The van der Waals surface area contributed by atoms with Crippen molar-refractivity contribution < 1.29 is 5.11 Å². The summed E-state index contributed by atoms with van der Waals surface area (Å²) in [6, 6.07) is 43.0. The van der Waals surface area contributed by atoms with Crippen LogP contribution in [0.3, 0.4) is 0 Å². The van der Waals surface area contributed by atoms with Crippen LogP contribution in [0, 0.1) is 0 Å². The van der Waals surface area contributed by atoms with Crippen LogP contribution in [0.4, 0.5) is 0 Å². The monoisotopic (exact) mass is 538 g/mol.